The van der Waals surface area contributed by atoms with Crippen LogP contribution < -0.4 is 10.2 Å². The second kappa shape index (κ2) is 8.30. The van der Waals surface area contributed by atoms with Gasteiger partial charge in [-0.25, -0.2) is 4.98 Å². The fourth-order valence-electron chi connectivity index (χ4n) is 2.71. The van der Waals surface area contributed by atoms with Crippen LogP contribution in [0.15, 0.2) is 72.9 Å². The molecule has 0 saturated carbocycles. The third-order valence-electron chi connectivity index (χ3n) is 4.20. The number of nitrogens with zero attached hydrogens (tertiary/aromatic N) is 2. The highest BCUT2D eigenvalue weighted by Crippen LogP contribution is 2.16. The first-order chi connectivity index (χ1) is 12.6. The number of aryl methyl sites for hydroxylation is 1. The van der Waals surface area contributed by atoms with Gasteiger partial charge < -0.3 is 10.2 Å². The molecule has 4 nitrogen and oxygen atoms in total. The van der Waals surface area contributed by atoms with Crippen LogP contribution in [0.25, 0.3) is 0 Å². The molecule has 0 aliphatic carbocycles. The Hall–Kier alpha value is -3.14. The monoisotopic (exact) mass is 345 g/mol. The number of aromatic nitrogens is 1. The van der Waals surface area contributed by atoms with Gasteiger partial charge in [-0.1, -0.05) is 60.2 Å². The molecule has 0 aliphatic heterocycles. The molecule has 0 radical (unpaired) electrons. The van der Waals surface area contributed by atoms with Gasteiger partial charge >= 0.3 is 0 Å². The average Bonchev–Trinajstić information content (AvgIpc) is 2.65. The molecule has 3 rings (SSSR count). The lowest BCUT2D eigenvalue weighted by atomic mass is 10.1. The van der Waals surface area contributed by atoms with Crippen LogP contribution in [0.2, 0.25) is 0 Å². The number of nitrogens with one attached hydrogen (secondary N) is 1. The standard InChI is InChI=1S/C22H23N3O/c1-17-8-10-18(11-9-17)14-22(26)24-21-13-12-20(15-23-21)25(2)16-19-6-4-3-5-7-19/h3-13,15H,14,16H2,1-2H3,(H,23,24,26). The molecule has 0 saturated heterocycles. The quantitative estimate of drug-likeness (QED) is 0.728. The first kappa shape index (κ1) is 17.7. The van der Waals surface area contributed by atoms with Crippen LogP contribution in [-0.4, -0.2) is 17.9 Å². The van der Waals surface area contributed by atoms with Crippen molar-refractivity contribution in [2.45, 2.75) is 19.9 Å². The zero-order valence-corrected chi connectivity index (χ0v) is 15.1. The number of carbonyl (C=O) groups is 1. The van der Waals surface area contributed by atoms with Gasteiger partial charge in [-0.15, -0.1) is 0 Å². The molecule has 0 atom stereocenters. The van der Waals surface area contributed by atoms with E-state index in [2.05, 4.69) is 27.3 Å². The van der Waals surface area contributed by atoms with Crippen molar-refractivity contribution in [3.8, 4) is 0 Å². The fourth-order valence-corrected chi connectivity index (χ4v) is 2.71. The Morgan fingerprint density at radius 2 is 1.69 bits per heavy atom. The van der Waals surface area contributed by atoms with Crippen molar-refractivity contribution in [1.82, 2.24) is 4.98 Å². The van der Waals surface area contributed by atoms with Crippen LogP contribution in [0.3, 0.4) is 0 Å². The highest BCUT2D eigenvalue weighted by Gasteiger charge is 2.07. The molecular weight excluding hydrogens is 322 g/mol. The van der Waals surface area contributed by atoms with Crippen molar-refractivity contribution < 1.29 is 4.79 Å². The van der Waals surface area contributed by atoms with E-state index in [9.17, 15) is 4.79 Å². The van der Waals surface area contributed by atoms with Crippen LogP contribution >= 0.6 is 0 Å². The van der Waals surface area contributed by atoms with E-state index in [1.54, 1.807) is 6.20 Å². The lowest BCUT2D eigenvalue weighted by Gasteiger charge is -2.19. The molecule has 3 aromatic rings. The van der Waals surface area contributed by atoms with Gasteiger partial charge in [0, 0.05) is 13.6 Å². The van der Waals surface area contributed by atoms with E-state index < -0.39 is 0 Å². The normalized spacial score (nSPS) is 10.4. The number of hydrogen-bond donors (Lipinski definition) is 1. The predicted molar refractivity (Wildman–Crippen MR) is 106 cm³/mol. The minimum Gasteiger partial charge on any atom is -0.369 e. The molecule has 1 N–H and O–H groups in total. The van der Waals surface area contributed by atoms with Crippen LogP contribution in [0, 0.1) is 6.92 Å². The number of anilines is 2. The van der Waals surface area contributed by atoms with Gasteiger partial charge in [-0.05, 0) is 30.2 Å². The summed E-state index contributed by atoms with van der Waals surface area (Å²) in [6.45, 7) is 2.84. The Kier molecular flexibility index (Phi) is 5.64. The van der Waals surface area contributed by atoms with Crippen LogP contribution in [0.5, 0.6) is 0 Å². The first-order valence-corrected chi connectivity index (χ1v) is 8.67. The summed E-state index contributed by atoms with van der Waals surface area (Å²) in [5.74, 6) is 0.505. The van der Waals surface area contributed by atoms with Crippen LogP contribution in [0.1, 0.15) is 16.7 Å². The van der Waals surface area contributed by atoms with E-state index in [1.165, 1.54) is 11.1 Å². The molecule has 0 bridgehead atoms. The molecule has 1 aromatic heterocycles. The zero-order chi connectivity index (χ0) is 18.4. The number of carbonyl (C=O) groups excluding carboxylic acids is 1. The number of benzene rings is 2. The maximum absolute atomic E-state index is 12.2. The molecule has 1 heterocycles. The summed E-state index contributed by atoms with van der Waals surface area (Å²) in [5, 5.41) is 2.85. The Morgan fingerprint density at radius 3 is 2.35 bits per heavy atom. The number of pyridine rings is 1. The van der Waals surface area contributed by atoms with Gasteiger partial charge in [-0.2, -0.15) is 0 Å². The van der Waals surface area contributed by atoms with E-state index in [4.69, 9.17) is 0 Å². The van der Waals surface area contributed by atoms with Crippen molar-refractivity contribution in [1.29, 1.82) is 0 Å². The van der Waals surface area contributed by atoms with Crippen molar-refractivity contribution in [3.63, 3.8) is 0 Å². The van der Waals surface area contributed by atoms with E-state index in [1.807, 2.05) is 68.6 Å². The van der Waals surface area contributed by atoms with Crippen molar-refractivity contribution in [2.75, 3.05) is 17.3 Å². The summed E-state index contributed by atoms with van der Waals surface area (Å²) in [4.78, 5) is 18.7. The highest BCUT2D eigenvalue weighted by molar-refractivity contribution is 5.91. The van der Waals surface area contributed by atoms with E-state index in [-0.39, 0.29) is 5.91 Å². The molecule has 26 heavy (non-hydrogen) atoms. The first-order valence-electron chi connectivity index (χ1n) is 8.67. The number of rotatable bonds is 6. The molecule has 4 heteroatoms. The largest absolute Gasteiger partial charge is 0.369 e. The summed E-state index contributed by atoms with van der Waals surface area (Å²) in [6, 6.07) is 22.1. The molecule has 0 unspecified atom stereocenters. The maximum Gasteiger partial charge on any atom is 0.229 e. The highest BCUT2D eigenvalue weighted by atomic mass is 16.1. The minimum atomic E-state index is -0.0632. The van der Waals surface area contributed by atoms with Gasteiger partial charge in [0.25, 0.3) is 0 Å². The van der Waals surface area contributed by atoms with E-state index >= 15 is 0 Å². The van der Waals surface area contributed by atoms with Crippen LogP contribution in [-0.2, 0) is 17.8 Å². The SMILES string of the molecule is Cc1ccc(CC(=O)Nc2ccc(N(C)Cc3ccccc3)cn2)cc1. The smallest absolute Gasteiger partial charge is 0.229 e. The Morgan fingerprint density at radius 1 is 0.962 bits per heavy atom. The van der Waals surface area contributed by atoms with Crippen molar-refractivity contribution >= 4 is 17.4 Å². The Balaban J connectivity index is 1.56. The minimum absolute atomic E-state index is 0.0632. The third kappa shape index (κ3) is 4.93. The topological polar surface area (TPSA) is 45.2 Å². The summed E-state index contributed by atoms with van der Waals surface area (Å²) >= 11 is 0. The summed E-state index contributed by atoms with van der Waals surface area (Å²) in [6.07, 6.45) is 2.13. The van der Waals surface area contributed by atoms with Gasteiger partial charge in [0.15, 0.2) is 0 Å². The van der Waals surface area contributed by atoms with Gasteiger partial charge in [0.2, 0.25) is 5.91 Å². The van der Waals surface area contributed by atoms with Gasteiger partial charge in [0.05, 0.1) is 18.3 Å². The molecule has 0 aliphatic rings. The number of amides is 1. The lowest BCUT2D eigenvalue weighted by molar-refractivity contribution is -0.115. The second-order valence-electron chi connectivity index (χ2n) is 6.45. The summed E-state index contributed by atoms with van der Waals surface area (Å²) < 4.78 is 0. The Bertz CT molecular complexity index is 843. The van der Waals surface area contributed by atoms with Gasteiger partial charge in [-0.3, -0.25) is 4.79 Å². The molecule has 0 spiro atoms. The lowest BCUT2D eigenvalue weighted by Crippen LogP contribution is -2.18. The zero-order valence-electron chi connectivity index (χ0n) is 15.1. The summed E-state index contributed by atoms with van der Waals surface area (Å²) in [5.41, 5.74) is 4.43. The molecule has 2 aromatic carbocycles. The fraction of sp³-hybridized carbons (Fsp3) is 0.182. The molecule has 132 valence electrons. The average molecular weight is 345 g/mol. The molecule has 0 fully saturated rings. The number of hydrogen-bond acceptors (Lipinski definition) is 3. The maximum atomic E-state index is 12.2. The predicted octanol–water partition coefficient (Wildman–Crippen LogP) is 4.21. The second-order valence-corrected chi connectivity index (χ2v) is 6.45. The van der Waals surface area contributed by atoms with Crippen molar-refractivity contribution in [2.24, 2.45) is 0 Å². The van der Waals surface area contributed by atoms with Crippen LogP contribution in [0.4, 0.5) is 11.5 Å². The van der Waals surface area contributed by atoms with E-state index in [0.29, 0.717) is 12.2 Å². The van der Waals surface area contributed by atoms with Crippen molar-refractivity contribution in [3.05, 3.63) is 89.6 Å². The molecular formula is C22H23N3O. The molecule has 1 amide bonds. The summed E-state index contributed by atoms with van der Waals surface area (Å²) in [7, 11) is 2.03. The van der Waals surface area contributed by atoms with E-state index in [0.717, 1.165) is 17.8 Å². The Labute approximate surface area is 154 Å². The van der Waals surface area contributed by atoms with Gasteiger partial charge in [0.1, 0.15) is 5.82 Å². The third-order valence-corrected chi connectivity index (χ3v) is 4.20.